The number of amides is 1. The van der Waals surface area contributed by atoms with E-state index in [-0.39, 0.29) is 23.3 Å². The average Bonchev–Trinajstić information content (AvgIpc) is 3.27. The minimum atomic E-state index is -3.63. The Hall–Kier alpha value is -2.55. The molecule has 8 heteroatoms. The fraction of sp³-hybridized carbons (Fsp3) is 0.385. The summed E-state index contributed by atoms with van der Waals surface area (Å²) in [6.45, 7) is 7.64. The highest BCUT2D eigenvalue weighted by Crippen LogP contribution is 2.36. The lowest BCUT2D eigenvalue weighted by Crippen LogP contribution is -2.41. The van der Waals surface area contributed by atoms with Gasteiger partial charge in [0.05, 0.1) is 21.0 Å². The molecule has 1 N–H and O–H groups in total. The van der Waals surface area contributed by atoms with Crippen LogP contribution < -0.4 is 4.72 Å². The van der Waals surface area contributed by atoms with E-state index >= 15 is 0 Å². The number of allylic oxidation sites excluding steroid dienone is 1. The minimum absolute atomic E-state index is 0.0602. The number of fused-ring (bicyclic) bond motifs is 1. The number of nitrogens with zero attached hydrogens (tertiary/aromatic N) is 2. The molecule has 1 aliphatic rings. The highest BCUT2D eigenvalue weighted by Gasteiger charge is 2.34. The largest absolute Gasteiger partial charge is 0.342 e. The molecule has 3 aromatic rings. The highest BCUT2D eigenvalue weighted by molar-refractivity contribution is 7.89. The first-order valence-electron chi connectivity index (χ1n) is 11.7. The van der Waals surface area contributed by atoms with Gasteiger partial charge in [-0.05, 0) is 62.8 Å². The predicted molar refractivity (Wildman–Crippen MR) is 137 cm³/mol. The zero-order chi connectivity index (χ0) is 24.1. The van der Waals surface area contributed by atoms with Gasteiger partial charge in [-0.15, -0.1) is 17.9 Å². The molecule has 34 heavy (non-hydrogen) atoms. The molecule has 2 atom stereocenters. The number of sulfonamides is 1. The van der Waals surface area contributed by atoms with Crippen LogP contribution in [0.25, 0.3) is 10.2 Å². The van der Waals surface area contributed by atoms with Gasteiger partial charge in [0.1, 0.15) is 5.01 Å². The van der Waals surface area contributed by atoms with Crippen LogP contribution in [0.2, 0.25) is 0 Å². The molecule has 6 nitrogen and oxygen atoms in total. The van der Waals surface area contributed by atoms with Gasteiger partial charge in [-0.1, -0.05) is 35.9 Å². The van der Waals surface area contributed by atoms with Crippen molar-refractivity contribution >= 4 is 37.5 Å². The van der Waals surface area contributed by atoms with E-state index in [1.165, 1.54) is 11.3 Å². The number of likely N-dealkylation sites (tertiary alicyclic amines) is 1. The van der Waals surface area contributed by atoms with Crippen LogP contribution in [0.4, 0.5) is 0 Å². The Morgan fingerprint density at radius 2 is 1.85 bits per heavy atom. The molecule has 0 aliphatic carbocycles. The van der Waals surface area contributed by atoms with Crippen molar-refractivity contribution in [2.24, 2.45) is 5.92 Å². The molecule has 1 aliphatic heterocycles. The molecular formula is C26H31N3O3S2. The van der Waals surface area contributed by atoms with Crippen molar-refractivity contribution in [3.8, 4) is 0 Å². The second-order valence-electron chi connectivity index (χ2n) is 8.78. The summed E-state index contributed by atoms with van der Waals surface area (Å²) in [5, 5.41) is 0.767. The quantitative estimate of drug-likeness (QED) is 0.428. The van der Waals surface area contributed by atoms with Crippen LogP contribution in [0, 0.1) is 12.8 Å². The molecule has 180 valence electrons. The molecule has 0 radical (unpaired) electrons. The third-order valence-electron chi connectivity index (χ3n) is 6.34. The summed E-state index contributed by atoms with van der Waals surface area (Å²) in [6, 6.07) is 14.6. The Balaban J connectivity index is 1.55. The number of rotatable bonds is 9. The number of thiazole rings is 1. The van der Waals surface area contributed by atoms with E-state index < -0.39 is 15.9 Å². The van der Waals surface area contributed by atoms with Crippen LogP contribution >= 0.6 is 11.3 Å². The first-order chi connectivity index (χ1) is 16.4. The minimum Gasteiger partial charge on any atom is -0.342 e. The summed E-state index contributed by atoms with van der Waals surface area (Å²) in [4.78, 5) is 20.7. The van der Waals surface area contributed by atoms with Gasteiger partial charge in [-0.3, -0.25) is 4.79 Å². The molecular weight excluding hydrogens is 466 g/mol. The Morgan fingerprint density at radius 1 is 1.15 bits per heavy atom. The molecule has 1 aromatic heterocycles. The second-order valence-corrected chi connectivity index (χ2v) is 11.6. The normalized spacial score (nSPS) is 16.3. The van der Waals surface area contributed by atoms with Crippen molar-refractivity contribution in [1.82, 2.24) is 14.6 Å². The molecule has 4 rings (SSSR count). The summed E-state index contributed by atoms with van der Waals surface area (Å²) in [5.74, 6) is -0.655. The number of nitrogens with one attached hydrogen (secondary N) is 1. The summed E-state index contributed by atoms with van der Waals surface area (Å²) < 4.78 is 29.2. The average molecular weight is 498 g/mol. The summed E-state index contributed by atoms with van der Waals surface area (Å²) in [7, 11) is -3.63. The first kappa shape index (κ1) is 24.6. The SMILES string of the molecule is C=C[C@H](CCNS(=O)(=O)c1ccc(C)cc1)[C@H](C(=O)N1CCCCC1)c1nc2ccccc2s1. The summed E-state index contributed by atoms with van der Waals surface area (Å²) in [6.07, 6.45) is 5.38. The maximum atomic E-state index is 13.7. The number of aryl methyl sites for hydroxylation is 1. The molecule has 2 aromatic carbocycles. The molecule has 1 amide bonds. The lowest BCUT2D eigenvalue weighted by Gasteiger charge is -2.32. The lowest BCUT2D eigenvalue weighted by atomic mass is 9.88. The Kier molecular flexibility index (Phi) is 7.80. The van der Waals surface area contributed by atoms with Gasteiger partial charge in [-0.2, -0.15) is 0 Å². The zero-order valence-electron chi connectivity index (χ0n) is 19.4. The fourth-order valence-electron chi connectivity index (χ4n) is 4.39. The topological polar surface area (TPSA) is 79.4 Å². The second kappa shape index (κ2) is 10.8. The zero-order valence-corrected chi connectivity index (χ0v) is 21.1. The predicted octanol–water partition coefficient (Wildman–Crippen LogP) is 4.87. The van der Waals surface area contributed by atoms with E-state index in [1.807, 2.05) is 36.1 Å². The van der Waals surface area contributed by atoms with Gasteiger partial charge >= 0.3 is 0 Å². The summed E-state index contributed by atoms with van der Waals surface area (Å²) in [5.41, 5.74) is 1.88. The molecule has 1 fully saturated rings. The van der Waals surface area contributed by atoms with E-state index in [0.29, 0.717) is 6.42 Å². The molecule has 1 saturated heterocycles. The molecule has 0 saturated carbocycles. The monoisotopic (exact) mass is 497 g/mol. The Labute approximate surface area is 205 Å². The van der Waals surface area contributed by atoms with Crippen molar-refractivity contribution < 1.29 is 13.2 Å². The third kappa shape index (κ3) is 5.56. The van der Waals surface area contributed by atoms with Crippen molar-refractivity contribution in [2.45, 2.75) is 43.4 Å². The molecule has 0 unspecified atom stereocenters. The number of aromatic nitrogens is 1. The van der Waals surface area contributed by atoms with E-state index in [4.69, 9.17) is 4.98 Å². The number of para-hydroxylation sites is 1. The molecule has 0 bridgehead atoms. The Morgan fingerprint density at radius 3 is 2.53 bits per heavy atom. The summed E-state index contributed by atoms with van der Waals surface area (Å²) >= 11 is 1.53. The van der Waals surface area contributed by atoms with Crippen LogP contribution in [0.3, 0.4) is 0 Å². The highest BCUT2D eigenvalue weighted by atomic mass is 32.2. The van der Waals surface area contributed by atoms with Crippen molar-refractivity contribution in [3.05, 3.63) is 71.8 Å². The van der Waals surface area contributed by atoms with Gasteiger partial charge in [0.2, 0.25) is 15.9 Å². The van der Waals surface area contributed by atoms with Crippen molar-refractivity contribution in [2.75, 3.05) is 19.6 Å². The van der Waals surface area contributed by atoms with Gasteiger partial charge < -0.3 is 4.90 Å². The van der Waals surface area contributed by atoms with E-state index in [1.54, 1.807) is 30.3 Å². The smallest absolute Gasteiger partial charge is 0.240 e. The van der Waals surface area contributed by atoms with Crippen LogP contribution in [-0.4, -0.2) is 43.8 Å². The standard InChI is InChI=1S/C26H31N3O3S2/c1-3-20(15-16-27-34(31,32)21-13-11-19(2)12-14-21)24(26(30)29-17-7-4-8-18-29)25-28-22-9-5-6-10-23(22)33-25/h3,5-6,9-14,20,24,27H,1,4,7-8,15-18H2,2H3/t20-,24+/m1/s1. The van der Waals surface area contributed by atoms with Gasteiger partial charge in [0.25, 0.3) is 0 Å². The lowest BCUT2D eigenvalue weighted by molar-refractivity contribution is -0.134. The van der Waals surface area contributed by atoms with Crippen molar-refractivity contribution in [1.29, 1.82) is 0 Å². The van der Waals surface area contributed by atoms with Crippen LogP contribution in [-0.2, 0) is 14.8 Å². The number of benzene rings is 2. The fourth-order valence-corrected chi connectivity index (χ4v) is 6.57. The Bertz CT molecular complexity index is 1210. The first-order valence-corrected chi connectivity index (χ1v) is 14.0. The third-order valence-corrected chi connectivity index (χ3v) is 8.94. The molecule has 0 spiro atoms. The van der Waals surface area contributed by atoms with E-state index in [0.717, 1.165) is 53.1 Å². The number of carbonyl (C=O) groups excluding carboxylic acids is 1. The maximum Gasteiger partial charge on any atom is 0.240 e. The van der Waals surface area contributed by atoms with Crippen molar-refractivity contribution in [3.63, 3.8) is 0 Å². The number of carbonyl (C=O) groups is 1. The van der Waals surface area contributed by atoms with E-state index in [9.17, 15) is 13.2 Å². The van der Waals surface area contributed by atoms with Gasteiger partial charge in [0.15, 0.2) is 0 Å². The van der Waals surface area contributed by atoms with Gasteiger partial charge in [-0.25, -0.2) is 18.1 Å². The van der Waals surface area contributed by atoms with E-state index in [2.05, 4.69) is 11.3 Å². The number of hydrogen-bond acceptors (Lipinski definition) is 5. The number of piperidine rings is 1. The van der Waals surface area contributed by atoms with Gasteiger partial charge in [0, 0.05) is 19.6 Å². The maximum absolute atomic E-state index is 13.7. The number of hydrogen-bond donors (Lipinski definition) is 1. The van der Waals surface area contributed by atoms with Crippen LogP contribution in [0.5, 0.6) is 0 Å². The molecule has 2 heterocycles. The van der Waals surface area contributed by atoms with Crippen LogP contribution in [0.1, 0.15) is 42.2 Å². The van der Waals surface area contributed by atoms with Crippen LogP contribution in [0.15, 0.2) is 66.1 Å².